The van der Waals surface area contributed by atoms with E-state index in [0.717, 1.165) is 0 Å². The number of Topliss-reactive ketones (excluding diaryl/α,β-unsaturated/α-hetero) is 1. The molecule has 5 heteroatoms. The molecule has 1 aliphatic rings. The van der Waals surface area contributed by atoms with Gasteiger partial charge >= 0.3 is 0 Å². The highest BCUT2D eigenvalue weighted by Gasteiger charge is 2.21. The van der Waals surface area contributed by atoms with Gasteiger partial charge in [0.2, 0.25) is 0 Å². The number of aromatic nitrogens is 1. The average Bonchev–Trinajstić information content (AvgIpc) is 2.39. The Morgan fingerprint density at radius 3 is 2.76 bits per heavy atom. The number of ketones is 1. The summed E-state index contributed by atoms with van der Waals surface area (Å²) in [5, 5.41) is 8.71. The fourth-order valence-corrected chi connectivity index (χ4v) is 1.77. The number of pyridine rings is 1. The second kappa shape index (κ2) is 4.74. The minimum Gasteiger partial charge on any atom is -0.338 e. The number of rotatable bonds is 1. The minimum absolute atomic E-state index is 0.142. The third kappa shape index (κ3) is 2.48. The second-order valence-corrected chi connectivity index (χ2v) is 3.87. The van der Waals surface area contributed by atoms with Gasteiger partial charge in [0.15, 0.2) is 0 Å². The van der Waals surface area contributed by atoms with E-state index in [1.807, 2.05) is 6.07 Å². The number of hydrogen-bond donors (Lipinski definition) is 0. The molecule has 1 amide bonds. The highest BCUT2D eigenvalue weighted by atomic mass is 16.2. The minimum atomic E-state index is -0.142. The van der Waals surface area contributed by atoms with Crippen molar-refractivity contribution in [3.8, 4) is 6.07 Å². The molecule has 17 heavy (non-hydrogen) atoms. The maximum Gasteiger partial charge on any atom is 0.254 e. The first-order valence-electron chi connectivity index (χ1n) is 5.38. The molecule has 86 valence electrons. The molecule has 0 N–H and O–H groups in total. The molecule has 1 saturated heterocycles. The predicted molar refractivity (Wildman–Crippen MR) is 59.1 cm³/mol. The van der Waals surface area contributed by atoms with Gasteiger partial charge in [0.25, 0.3) is 5.91 Å². The summed E-state index contributed by atoms with van der Waals surface area (Å²) >= 11 is 0. The van der Waals surface area contributed by atoms with Crippen LogP contribution in [0.4, 0.5) is 0 Å². The van der Waals surface area contributed by atoms with Crippen molar-refractivity contribution in [3.05, 3.63) is 29.6 Å². The SMILES string of the molecule is N#Cc1cc(C(=O)N2CCC(=O)CC2)ccn1. The molecule has 0 saturated carbocycles. The first-order chi connectivity index (χ1) is 8.20. The van der Waals surface area contributed by atoms with Gasteiger partial charge < -0.3 is 4.90 Å². The molecule has 1 aliphatic heterocycles. The van der Waals surface area contributed by atoms with Crippen LogP contribution in [0.3, 0.4) is 0 Å². The van der Waals surface area contributed by atoms with Crippen molar-refractivity contribution in [1.29, 1.82) is 5.26 Å². The Bertz CT molecular complexity index is 495. The Balaban J connectivity index is 2.14. The summed E-state index contributed by atoms with van der Waals surface area (Å²) in [5.41, 5.74) is 0.676. The highest BCUT2D eigenvalue weighted by Crippen LogP contribution is 2.11. The normalized spacial score (nSPS) is 15.5. The molecule has 1 aromatic rings. The molecule has 0 radical (unpaired) electrons. The van der Waals surface area contributed by atoms with Crippen molar-refractivity contribution in [3.63, 3.8) is 0 Å². The fourth-order valence-electron chi connectivity index (χ4n) is 1.77. The summed E-state index contributed by atoms with van der Waals surface area (Å²) in [5.74, 6) is 0.0536. The van der Waals surface area contributed by atoms with Crippen molar-refractivity contribution >= 4 is 11.7 Å². The number of likely N-dealkylation sites (tertiary alicyclic amines) is 1. The molecular formula is C12H11N3O2. The van der Waals surface area contributed by atoms with E-state index in [1.165, 1.54) is 12.3 Å². The third-order valence-corrected chi connectivity index (χ3v) is 2.73. The van der Waals surface area contributed by atoms with E-state index in [2.05, 4.69) is 4.98 Å². The largest absolute Gasteiger partial charge is 0.338 e. The van der Waals surface area contributed by atoms with Crippen molar-refractivity contribution in [2.24, 2.45) is 0 Å². The number of carbonyl (C=O) groups is 2. The Hall–Kier alpha value is -2.22. The van der Waals surface area contributed by atoms with Crippen LogP contribution in [0, 0.1) is 11.3 Å². The predicted octanol–water partition coefficient (Wildman–Crippen LogP) is 0.758. The van der Waals surface area contributed by atoms with Crippen LogP contribution in [0.2, 0.25) is 0 Å². The molecule has 0 bridgehead atoms. The quantitative estimate of drug-likeness (QED) is 0.712. The molecule has 0 unspecified atom stereocenters. The summed E-state index contributed by atoms with van der Waals surface area (Å²) in [6.07, 6.45) is 2.28. The van der Waals surface area contributed by atoms with E-state index < -0.39 is 0 Å². The zero-order chi connectivity index (χ0) is 12.3. The fraction of sp³-hybridized carbons (Fsp3) is 0.333. The summed E-state index contributed by atoms with van der Waals surface area (Å²) < 4.78 is 0. The second-order valence-electron chi connectivity index (χ2n) is 3.87. The summed E-state index contributed by atoms with van der Waals surface area (Å²) in [7, 11) is 0. The van der Waals surface area contributed by atoms with Gasteiger partial charge in [-0.25, -0.2) is 4.98 Å². The lowest BCUT2D eigenvalue weighted by molar-refractivity contribution is -0.120. The van der Waals surface area contributed by atoms with Crippen molar-refractivity contribution < 1.29 is 9.59 Å². The van der Waals surface area contributed by atoms with Crippen LogP contribution in [0.5, 0.6) is 0 Å². The zero-order valence-electron chi connectivity index (χ0n) is 9.22. The van der Waals surface area contributed by atoms with Crippen molar-refractivity contribution in [2.75, 3.05) is 13.1 Å². The van der Waals surface area contributed by atoms with E-state index in [-0.39, 0.29) is 17.4 Å². The van der Waals surface area contributed by atoms with Crippen molar-refractivity contribution in [2.45, 2.75) is 12.8 Å². The number of nitriles is 1. The van der Waals surface area contributed by atoms with Crippen LogP contribution >= 0.6 is 0 Å². The van der Waals surface area contributed by atoms with E-state index in [0.29, 0.717) is 31.5 Å². The Morgan fingerprint density at radius 2 is 2.12 bits per heavy atom. The maximum absolute atomic E-state index is 12.1. The van der Waals surface area contributed by atoms with Gasteiger partial charge in [0.05, 0.1) is 0 Å². The molecule has 1 aromatic heterocycles. The Morgan fingerprint density at radius 1 is 1.41 bits per heavy atom. The lowest BCUT2D eigenvalue weighted by Crippen LogP contribution is -2.38. The van der Waals surface area contributed by atoms with Gasteiger partial charge in [-0.3, -0.25) is 9.59 Å². The maximum atomic E-state index is 12.1. The van der Waals surface area contributed by atoms with E-state index >= 15 is 0 Å². The molecule has 0 spiro atoms. The van der Waals surface area contributed by atoms with Crippen LogP contribution < -0.4 is 0 Å². The van der Waals surface area contributed by atoms with Gasteiger partial charge in [0, 0.05) is 37.7 Å². The van der Waals surface area contributed by atoms with Crippen molar-refractivity contribution in [1.82, 2.24) is 9.88 Å². The van der Waals surface area contributed by atoms with Crippen LogP contribution in [0.1, 0.15) is 28.9 Å². The third-order valence-electron chi connectivity index (χ3n) is 2.73. The number of carbonyl (C=O) groups excluding carboxylic acids is 2. The van der Waals surface area contributed by atoms with E-state index in [4.69, 9.17) is 5.26 Å². The first-order valence-corrected chi connectivity index (χ1v) is 5.38. The molecule has 0 aromatic carbocycles. The van der Waals surface area contributed by atoms with Gasteiger partial charge in [-0.1, -0.05) is 0 Å². The summed E-state index contributed by atoms with van der Waals surface area (Å²) in [4.78, 5) is 28.6. The number of hydrogen-bond acceptors (Lipinski definition) is 4. The number of amides is 1. The lowest BCUT2D eigenvalue weighted by atomic mass is 10.1. The first kappa shape index (κ1) is 11.3. The van der Waals surface area contributed by atoms with E-state index in [9.17, 15) is 9.59 Å². The molecule has 2 rings (SSSR count). The van der Waals surface area contributed by atoms with Crippen LogP contribution in [-0.2, 0) is 4.79 Å². The Labute approximate surface area is 98.7 Å². The lowest BCUT2D eigenvalue weighted by Gasteiger charge is -2.26. The van der Waals surface area contributed by atoms with Crippen LogP contribution in [0.25, 0.3) is 0 Å². The highest BCUT2D eigenvalue weighted by molar-refractivity contribution is 5.95. The standard InChI is InChI=1S/C12H11N3O2/c13-8-10-7-9(1-4-14-10)12(17)15-5-2-11(16)3-6-15/h1,4,7H,2-3,5-6H2. The molecule has 1 fully saturated rings. The average molecular weight is 229 g/mol. The molecule has 5 nitrogen and oxygen atoms in total. The molecule has 0 atom stereocenters. The van der Waals surface area contributed by atoms with Crippen LogP contribution in [0.15, 0.2) is 18.3 Å². The monoisotopic (exact) mass is 229 g/mol. The molecule has 2 heterocycles. The Kier molecular flexibility index (Phi) is 3.15. The van der Waals surface area contributed by atoms with Crippen LogP contribution in [-0.4, -0.2) is 34.7 Å². The molecule has 0 aliphatic carbocycles. The topological polar surface area (TPSA) is 74.1 Å². The molecular weight excluding hydrogens is 218 g/mol. The van der Waals surface area contributed by atoms with E-state index in [1.54, 1.807) is 11.0 Å². The zero-order valence-corrected chi connectivity index (χ0v) is 9.22. The smallest absolute Gasteiger partial charge is 0.254 e. The van der Waals surface area contributed by atoms with Gasteiger partial charge in [-0.05, 0) is 12.1 Å². The number of nitrogens with zero attached hydrogens (tertiary/aromatic N) is 3. The van der Waals surface area contributed by atoms with Gasteiger partial charge in [-0.15, -0.1) is 0 Å². The summed E-state index contributed by atoms with van der Waals surface area (Å²) in [6.45, 7) is 0.920. The van der Waals surface area contributed by atoms with Gasteiger partial charge in [0.1, 0.15) is 17.5 Å². The number of piperidine rings is 1. The summed E-state index contributed by atoms with van der Waals surface area (Å²) in [6, 6.07) is 4.95. The van der Waals surface area contributed by atoms with Gasteiger partial charge in [-0.2, -0.15) is 5.26 Å².